The molecule has 0 saturated heterocycles. The van der Waals surface area contributed by atoms with Crippen molar-refractivity contribution in [3.63, 3.8) is 0 Å². The molecule has 90 valence electrons. The normalized spacial score (nSPS) is 11.5. The average Bonchev–Trinajstić information content (AvgIpc) is 2.63. The number of nitrogens with one attached hydrogen (secondary N) is 1. The molecule has 0 unspecified atom stereocenters. The lowest BCUT2D eigenvalue weighted by Crippen LogP contribution is -2.25. The fourth-order valence-corrected chi connectivity index (χ4v) is 2.76. The van der Waals surface area contributed by atoms with Crippen LogP contribution in [0, 0.1) is 0 Å². The Morgan fingerprint density at radius 3 is 2.71 bits per heavy atom. The number of aromatic nitrogens is 1. The van der Waals surface area contributed by atoms with E-state index >= 15 is 0 Å². The lowest BCUT2D eigenvalue weighted by atomic mass is 10.1. The number of halogens is 1. The summed E-state index contributed by atoms with van der Waals surface area (Å²) >= 11 is 5.11. The summed E-state index contributed by atoms with van der Waals surface area (Å²) in [6.45, 7) is 6.40. The van der Waals surface area contributed by atoms with Gasteiger partial charge in [-0.3, -0.25) is 0 Å². The van der Waals surface area contributed by atoms with Crippen LogP contribution in [0.2, 0.25) is 0 Å². The van der Waals surface area contributed by atoms with Gasteiger partial charge in [-0.1, -0.05) is 28.1 Å². The van der Waals surface area contributed by atoms with Gasteiger partial charge in [0.05, 0.1) is 5.69 Å². The molecule has 1 heterocycles. The SMILES string of the molecule is CC(C)(C)Nc1nc(-c2cccc(Br)c2)cs1. The Kier molecular flexibility index (Phi) is 3.54. The summed E-state index contributed by atoms with van der Waals surface area (Å²) in [5, 5.41) is 6.43. The third-order valence-corrected chi connectivity index (χ3v) is 3.36. The van der Waals surface area contributed by atoms with E-state index in [9.17, 15) is 0 Å². The van der Waals surface area contributed by atoms with Crippen LogP contribution in [0.5, 0.6) is 0 Å². The zero-order valence-corrected chi connectivity index (χ0v) is 12.5. The number of benzene rings is 1. The van der Waals surface area contributed by atoms with Crippen LogP contribution in [0.25, 0.3) is 11.3 Å². The van der Waals surface area contributed by atoms with Crippen molar-refractivity contribution in [2.75, 3.05) is 5.32 Å². The summed E-state index contributed by atoms with van der Waals surface area (Å²) in [6, 6.07) is 8.19. The predicted octanol–water partition coefficient (Wildman–Crippen LogP) is 4.78. The molecule has 1 aromatic heterocycles. The van der Waals surface area contributed by atoms with Gasteiger partial charge in [-0.05, 0) is 32.9 Å². The Morgan fingerprint density at radius 1 is 1.29 bits per heavy atom. The lowest BCUT2D eigenvalue weighted by molar-refractivity contribution is 0.633. The molecule has 4 heteroatoms. The molecule has 0 saturated carbocycles. The Labute approximate surface area is 114 Å². The van der Waals surface area contributed by atoms with Gasteiger partial charge in [-0.15, -0.1) is 11.3 Å². The number of anilines is 1. The minimum Gasteiger partial charge on any atom is -0.357 e. The molecule has 0 aliphatic heterocycles. The third kappa shape index (κ3) is 3.54. The summed E-state index contributed by atoms with van der Waals surface area (Å²) in [7, 11) is 0. The molecule has 0 aliphatic rings. The van der Waals surface area contributed by atoms with Gasteiger partial charge >= 0.3 is 0 Å². The summed E-state index contributed by atoms with van der Waals surface area (Å²) in [6.07, 6.45) is 0. The predicted molar refractivity (Wildman–Crippen MR) is 78.6 cm³/mol. The van der Waals surface area contributed by atoms with Crippen molar-refractivity contribution >= 4 is 32.4 Å². The molecule has 2 aromatic rings. The second-order valence-electron chi connectivity index (χ2n) is 4.92. The highest BCUT2D eigenvalue weighted by molar-refractivity contribution is 9.10. The molecule has 17 heavy (non-hydrogen) atoms. The molecule has 0 radical (unpaired) electrons. The summed E-state index contributed by atoms with van der Waals surface area (Å²) in [5.41, 5.74) is 2.20. The van der Waals surface area contributed by atoms with E-state index in [4.69, 9.17) is 0 Å². The fourth-order valence-electron chi connectivity index (χ4n) is 1.43. The van der Waals surface area contributed by atoms with Gasteiger partial charge < -0.3 is 5.32 Å². The first kappa shape index (κ1) is 12.6. The first-order valence-corrected chi connectivity index (χ1v) is 7.11. The molecule has 2 nitrogen and oxygen atoms in total. The van der Waals surface area contributed by atoms with Gasteiger partial charge in [0.2, 0.25) is 0 Å². The van der Waals surface area contributed by atoms with E-state index in [1.807, 2.05) is 12.1 Å². The Bertz CT molecular complexity index is 514. The highest BCUT2D eigenvalue weighted by Gasteiger charge is 2.12. The number of hydrogen-bond acceptors (Lipinski definition) is 3. The van der Waals surface area contributed by atoms with Gasteiger partial charge in [0.1, 0.15) is 0 Å². The number of hydrogen-bond donors (Lipinski definition) is 1. The minimum absolute atomic E-state index is 0.0480. The zero-order valence-electron chi connectivity index (χ0n) is 10.1. The van der Waals surface area contributed by atoms with Crippen LogP contribution >= 0.6 is 27.3 Å². The largest absolute Gasteiger partial charge is 0.357 e. The number of thiazole rings is 1. The maximum atomic E-state index is 4.59. The highest BCUT2D eigenvalue weighted by Crippen LogP contribution is 2.28. The average molecular weight is 311 g/mol. The first-order valence-electron chi connectivity index (χ1n) is 5.44. The Hall–Kier alpha value is -0.870. The summed E-state index contributed by atoms with van der Waals surface area (Å²) in [4.78, 5) is 4.59. The lowest BCUT2D eigenvalue weighted by Gasteiger charge is -2.19. The molecular weight excluding hydrogens is 296 g/mol. The van der Waals surface area contributed by atoms with E-state index in [0.29, 0.717) is 0 Å². The van der Waals surface area contributed by atoms with Crippen LogP contribution in [0.3, 0.4) is 0 Å². The molecule has 0 aliphatic carbocycles. The monoisotopic (exact) mass is 310 g/mol. The molecule has 1 N–H and O–H groups in total. The van der Waals surface area contributed by atoms with Crippen LogP contribution in [-0.2, 0) is 0 Å². The highest BCUT2D eigenvalue weighted by atomic mass is 79.9. The third-order valence-electron chi connectivity index (χ3n) is 2.11. The number of nitrogens with zero attached hydrogens (tertiary/aromatic N) is 1. The van der Waals surface area contributed by atoms with Crippen LogP contribution in [-0.4, -0.2) is 10.5 Å². The van der Waals surface area contributed by atoms with E-state index in [0.717, 1.165) is 20.9 Å². The van der Waals surface area contributed by atoms with Gasteiger partial charge in [-0.2, -0.15) is 0 Å². The molecule has 0 bridgehead atoms. The standard InChI is InChI=1S/C13H15BrN2S/c1-13(2,3)16-12-15-11(8-17-12)9-5-4-6-10(14)7-9/h4-8H,1-3H3,(H,15,16). The molecule has 0 spiro atoms. The number of rotatable bonds is 2. The van der Waals surface area contributed by atoms with Crippen molar-refractivity contribution in [1.82, 2.24) is 4.98 Å². The van der Waals surface area contributed by atoms with Crippen molar-refractivity contribution in [3.8, 4) is 11.3 Å². The minimum atomic E-state index is 0.0480. The summed E-state index contributed by atoms with van der Waals surface area (Å²) in [5.74, 6) is 0. The van der Waals surface area contributed by atoms with Gasteiger partial charge in [0, 0.05) is 21.0 Å². The second kappa shape index (κ2) is 4.78. The Morgan fingerprint density at radius 2 is 2.06 bits per heavy atom. The topological polar surface area (TPSA) is 24.9 Å². The molecule has 0 fully saturated rings. The van der Waals surface area contributed by atoms with E-state index in [1.165, 1.54) is 0 Å². The van der Waals surface area contributed by atoms with E-state index < -0.39 is 0 Å². The molecule has 2 rings (SSSR count). The Balaban J connectivity index is 2.24. The molecule has 1 aromatic carbocycles. The van der Waals surface area contributed by atoms with E-state index in [2.05, 4.69) is 64.5 Å². The van der Waals surface area contributed by atoms with Crippen molar-refractivity contribution in [2.24, 2.45) is 0 Å². The van der Waals surface area contributed by atoms with Gasteiger partial charge in [0.25, 0.3) is 0 Å². The molecular formula is C13H15BrN2S. The molecule has 0 atom stereocenters. The van der Waals surface area contributed by atoms with Crippen LogP contribution < -0.4 is 5.32 Å². The maximum absolute atomic E-state index is 4.59. The van der Waals surface area contributed by atoms with Gasteiger partial charge in [0.15, 0.2) is 5.13 Å². The maximum Gasteiger partial charge on any atom is 0.183 e. The zero-order chi connectivity index (χ0) is 12.5. The summed E-state index contributed by atoms with van der Waals surface area (Å²) < 4.78 is 1.08. The van der Waals surface area contributed by atoms with E-state index in [1.54, 1.807) is 11.3 Å². The first-order chi connectivity index (χ1) is 7.94. The van der Waals surface area contributed by atoms with Crippen molar-refractivity contribution < 1.29 is 0 Å². The van der Waals surface area contributed by atoms with Crippen LogP contribution in [0.1, 0.15) is 20.8 Å². The van der Waals surface area contributed by atoms with Gasteiger partial charge in [-0.25, -0.2) is 4.98 Å². The van der Waals surface area contributed by atoms with Crippen LogP contribution in [0.4, 0.5) is 5.13 Å². The molecule has 0 amide bonds. The van der Waals surface area contributed by atoms with Crippen molar-refractivity contribution in [3.05, 3.63) is 34.1 Å². The van der Waals surface area contributed by atoms with Crippen molar-refractivity contribution in [1.29, 1.82) is 0 Å². The van der Waals surface area contributed by atoms with Crippen LogP contribution in [0.15, 0.2) is 34.1 Å². The van der Waals surface area contributed by atoms with Crippen molar-refractivity contribution in [2.45, 2.75) is 26.3 Å². The van der Waals surface area contributed by atoms with E-state index in [-0.39, 0.29) is 5.54 Å². The smallest absolute Gasteiger partial charge is 0.183 e. The quantitative estimate of drug-likeness (QED) is 0.863. The second-order valence-corrected chi connectivity index (χ2v) is 6.70. The fraction of sp³-hybridized carbons (Fsp3) is 0.308.